The first-order chi connectivity index (χ1) is 8.43. The van der Waals surface area contributed by atoms with E-state index in [9.17, 15) is 9.59 Å². The topological polar surface area (TPSA) is 65.1 Å². The summed E-state index contributed by atoms with van der Waals surface area (Å²) in [4.78, 5) is 24.0. The van der Waals surface area contributed by atoms with Crippen LogP contribution < -0.4 is 0 Å². The maximum atomic E-state index is 11.1. The fourth-order valence-corrected chi connectivity index (χ4v) is 0.856. The highest BCUT2D eigenvalue weighted by molar-refractivity contribution is 5.86. The van der Waals surface area contributed by atoms with E-state index in [1.54, 1.807) is 6.92 Å². The minimum atomic E-state index is -0.466. The molecular weight excluding hydrogens is 238 g/mol. The molecular formula is C12H21NO5. The van der Waals surface area contributed by atoms with Gasteiger partial charge in [-0.05, 0) is 21.0 Å². The molecule has 104 valence electrons. The van der Waals surface area contributed by atoms with Crippen LogP contribution in [0.25, 0.3) is 0 Å². The van der Waals surface area contributed by atoms with E-state index in [1.165, 1.54) is 0 Å². The summed E-state index contributed by atoms with van der Waals surface area (Å²) in [6, 6.07) is 0. The van der Waals surface area contributed by atoms with Crippen molar-refractivity contribution in [3.63, 3.8) is 0 Å². The van der Waals surface area contributed by atoms with Gasteiger partial charge in [0, 0.05) is 12.1 Å². The molecule has 0 bridgehead atoms. The van der Waals surface area contributed by atoms with Gasteiger partial charge in [0.05, 0.1) is 6.61 Å². The quantitative estimate of drug-likeness (QED) is 0.335. The van der Waals surface area contributed by atoms with Crippen molar-refractivity contribution in [3.8, 4) is 0 Å². The van der Waals surface area contributed by atoms with Crippen LogP contribution in [0.15, 0.2) is 12.2 Å². The number of rotatable bonds is 9. The molecule has 0 aliphatic carbocycles. The Morgan fingerprint density at radius 1 is 1.11 bits per heavy atom. The Hall–Kier alpha value is -1.40. The smallest absolute Gasteiger partial charge is 0.333 e. The molecule has 0 rings (SSSR count). The Labute approximate surface area is 107 Å². The minimum absolute atomic E-state index is 0.0939. The summed E-state index contributed by atoms with van der Waals surface area (Å²) < 4.78 is 14.7. The van der Waals surface area contributed by atoms with E-state index in [1.807, 2.05) is 19.0 Å². The molecule has 0 radical (unpaired) electrons. The SMILES string of the molecule is C=C(C)C(=O)OCCOCC(=O)OCCN(C)C. The van der Waals surface area contributed by atoms with Gasteiger partial charge in [0.15, 0.2) is 0 Å². The van der Waals surface area contributed by atoms with E-state index in [2.05, 4.69) is 6.58 Å². The van der Waals surface area contributed by atoms with Gasteiger partial charge >= 0.3 is 11.9 Å². The molecule has 0 aliphatic rings. The standard InChI is InChI=1S/C12H21NO5/c1-10(2)12(15)18-8-7-16-9-11(14)17-6-5-13(3)4/h1,5-9H2,2-4H3. The highest BCUT2D eigenvalue weighted by atomic mass is 16.6. The predicted octanol–water partition coefficient (Wildman–Crippen LogP) is 0.227. The summed E-state index contributed by atoms with van der Waals surface area (Å²) in [5.41, 5.74) is 0.332. The van der Waals surface area contributed by atoms with Gasteiger partial charge in [-0.3, -0.25) is 0 Å². The van der Waals surface area contributed by atoms with Crippen molar-refractivity contribution in [2.45, 2.75) is 6.92 Å². The van der Waals surface area contributed by atoms with Crippen molar-refractivity contribution in [1.29, 1.82) is 0 Å². The lowest BCUT2D eigenvalue weighted by molar-refractivity contribution is -0.150. The molecule has 6 heteroatoms. The van der Waals surface area contributed by atoms with Crippen molar-refractivity contribution >= 4 is 11.9 Å². The molecule has 0 unspecified atom stereocenters. The maximum Gasteiger partial charge on any atom is 0.333 e. The normalized spacial score (nSPS) is 10.2. The Bertz CT molecular complexity index is 288. The van der Waals surface area contributed by atoms with E-state index in [0.717, 1.165) is 0 Å². The number of hydrogen-bond acceptors (Lipinski definition) is 6. The lowest BCUT2D eigenvalue weighted by atomic mass is 10.4. The minimum Gasteiger partial charge on any atom is -0.463 e. The Morgan fingerprint density at radius 2 is 1.78 bits per heavy atom. The molecule has 18 heavy (non-hydrogen) atoms. The second-order valence-corrected chi connectivity index (χ2v) is 3.99. The van der Waals surface area contributed by atoms with Crippen LogP contribution in [-0.4, -0.2) is 63.9 Å². The highest BCUT2D eigenvalue weighted by Gasteiger charge is 2.05. The molecule has 0 spiro atoms. The molecule has 0 fully saturated rings. The monoisotopic (exact) mass is 259 g/mol. The van der Waals surface area contributed by atoms with Crippen LogP contribution in [0.5, 0.6) is 0 Å². The molecule has 6 nitrogen and oxygen atoms in total. The maximum absolute atomic E-state index is 11.1. The highest BCUT2D eigenvalue weighted by Crippen LogP contribution is 1.91. The third-order valence-corrected chi connectivity index (χ3v) is 1.83. The third-order valence-electron chi connectivity index (χ3n) is 1.83. The molecule has 0 saturated heterocycles. The number of carbonyl (C=O) groups is 2. The van der Waals surface area contributed by atoms with Crippen molar-refractivity contribution in [2.75, 3.05) is 47.1 Å². The van der Waals surface area contributed by atoms with Gasteiger partial charge in [0.1, 0.15) is 19.8 Å². The van der Waals surface area contributed by atoms with E-state index in [4.69, 9.17) is 14.2 Å². The van der Waals surface area contributed by atoms with Gasteiger partial charge in [-0.2, -0.15) is 0 Å². The molecule has 0 aliphatic heterocycles. The second kappa shape index (κ2) is 9.61. The van der Waals surface area contributed by atoms with Crippen LogP contribution in [0.4, 0.5) is 0 Å². The molecule has 0 aromatic carbocycles. The van der Waals surface area contributed by atoms with Crippen LogP contribution in [0, 0.1) is 0 Å². The Balaban J connectivity index is 3.41. The lowest BCUT2D eigenvalue weighted by Gasteiger charge is -2.10. The van der Waals surface area contributed by atoms with Crippen LogP contribution in [-0.2, 0) is 23.8 Å². The molecule has 0 saturated carbocycles. The number of ether oxygens (including phenoxy) is 3. The van der Waals surface area contributed by atoms with Crippen LogP contribution >= 0.6 is 0 Å². The molecule has 0 aromatic heterocycles. The zero-order chi connectivity index (χ0) is 14.0. The van der Waals surface area contributed by atoms with E-state index in [-0.39, 0.29) is 19.8 Å². The van der Waals surface area contributed by atoms with E-state index >= 15 is 0 Å². The van der Waals surface area contributed by atoms with Gasteiger partial charge < -0.3 is 19.1 Å². The van der Waals surface area contributed by atoms with Gasteiger partial charge in [0.2, 0.25) is 0 Å². The average Bonchev–Trinajstić information content (AvgIpc) is 2.27. The number of nitrogens with zero attached hydrogens (tertiary/aromatic N) is 1. The van der Waals surface area contributed by atoms with E-state index in [0.29, 0.717) is 18.7 Å². The Kier molecular flexibility index (Phi) is 8.86. The number of likely N-dealkylation sites (N-methyl/N-ethyl adjacent to an activating group) is 1. The summed E-state index contributed by atoms with van der Waals surface area (Å²) in [7, 11) is 3.78. The Morgan fingerprint density at radius 3 is 2.33 bits per heavy atom. The molecule has 0 N–H and O–H groups in total. The zero-order valence-corrected chi connectivity index (χ0v) is 11.2. The van der Waals surface area contributed by atoms with Gasteiger partial charge in [-0.15, -0.1) is 0 Å². The summed E-state index contributed by atoms with van der Waals surface area (Å²) in [6.07, 6.45) is 0. The summed E-state index contributed by atoms with van der Waals surface area (Å²) in [6.45, 7) is 6.11. The number of esters is 2. The third kappa shape index (κ3) is 9.80. The molecule has 0 atom stereocenters. The zero-order valence-electron chi connectivity index (χ0n) is 11.2. The summed E-state index contributed by atoms with van der Waals surface area (Å²) in [5.74, 6) is -0.893. The first kappa shape index (κ1) is 16.6. The van der Waals surface area contributed by atoms with Crippen molar-refractivity contribution < 1.29 is 23.8 Å². The van der Waals surface area contributed by atoms with Crippen molar-refractivity contribution in [1.82, 2.24) is 4.90 Å². The second-order valence-electron chi connectivity index (χ2n) is 3.99. The molecule has 0 amide bonds. The first-order valence-corrected chi connectivity index (χ1v) is 5.64. The van der Waals surface area contributed by atoms with Crippen LogP contribution in [0.2, 0.25) is 0 Å². The number of carbonyl (C=O) groups excluding carboxylic acids is 2. The fourth-order valence-electron chi connectivity index (χ4n) is 0.856. The summed E-state index contributed by atoms with van der Waals surface area (Å²) in [5, 5.41) is 0. The number of hydrogen-bond donors (Lipinski definition) is 0. The van der Waals surface area contributed by atoms with Crippen LogP contribution in [0.3, 0.4) is 0 Å². The van der Waals surface area contributed by atoms with Gasteiger partial charge in [-0.25, -0.2) is 9.59 Å². The molecule has 0 aromatic rings. The summed E-state index contributed by atoms with van der Waals surface area (Å²) >= 11 is 0. The van der Waals surface area contributed by atoms with Crippen molar-refractivity contribution in [3.05, 3.63) is 12.2 Å². The van der Waals surface area contributed by atoms with Gasteiger partial charge in [-0.1, -0.05) is 6.58 Å². The van der Waals surface area contributed by atoms with E-state index < -0.39 is 11.9 Å². The van der Waals surface area contributed by atoms with Gasteiger partial charge in [0.25, 0.3) is 0 Å². The average molecular weight is 259 g/mol. The molecule has 0 heterocycles. The first-order valence-electron chi connectivity index (χ1n) is 5.64. The predicted molar refractivity (Wildman–Crippen MR) is 66.1 cm³/mol. The largest absolute Gasteiger partial charge is 0.463 e. The lowest BCUT2D eigenvalue weighted by Crippen LogP contribution is -2.22. The van der Waals surface area contributed by atoms with Crippen LogP contribution in [0.1, 0.15) is 6.92 Å². The fraction of sp³-hybridized carbons (Fsp3) is 0.667. The van der Waals surface area contributed by atoms with Crippen molar-refractivity contribution in [2.24, 2.45) is 0 Å².